The molecule has 0 radical (unpaired) electrons. The molecule has 1 amide bonds. The normalized spacial score (nSPS) is 16.5. The van der Waals surface area contributed by atoms with Gasteiger partial charge in [-0.2, -0.15) is 0 Å². The molecular formula is C29H28N2O6. The number of rotatable bonds is 9. The number of aliphatic hydroxyl groups is 1. The molecule has 0 unspecified atom stereocenters. The Hall–Kier alpha value is -4.59. The fraction of sp³-hybridized carbons (Fsp3) is 0.207. The van der Waals surface area contributed by atoms with Crippen molar-refractivity contribution in [2.45, 2.75) is 19.5 Å². The monoisotopic (exact) mass is 500 g/mol. The highest BCUT2D eigenvalue weighted by atomic mass is 16.5. The van der Waals surface area contributed by atoms with Crippen LogP contribution in [-0.4, -0.2) is 47.5 Å². The van der Waals surface area contributed by atoms with Crippen LogP contribution in [0.1, 0.15) is 28.3 Å². The number of Topliss-reactive ketones (excluding diaryl/α,β-unsaturated/α-hetero) is 1. The molecule has 1 aliphatic heterocycles. The Morgan fingerprint density at radius 3 is 2.49 bits per heavy atom. The molecule has 1 atom stereocenters. The second-order valence-electron chi connectivity index (χ2n) is 8.48. The zero-order chi connectivity index (χ0) is 26.5. The van der Waals surface area contributed by atoms with Crippen molar-refractivity contribution in [3.63, 3.8) is 0 Å². The first-order chi connectivity index (χ1) is 17.9. The highest BCUT2D eigenvalue weighted by Gasteiger charge is 2.46. The third-order valence-corrected chi connectivity index (χ3v) is 6.14. The fourth-order valence-corrected chi connectivity index (χ4v) is 4.36. The number of ether oxygens (including phenoxy) is 3. The maximum Gasteiger partial charge on any atom is 0.295 e. The number of carbonyl (C=O) groups is 2. The Balaban J connectivity index is 1.86. The summed E-state index contributed by atoms with van der Waals surface area (Å²) < 4.78 is 16.4. The summed E-state index contributed by atoms with van der Waals surface area (Å²) in [4.78, 5) is 32.2. The Labute approximate surface area is 215 Å². The quantitative estimate of drug-likeness (QED) is 0.199. The standard InChI is InChI=1S/C29H28N2O6/c1-5-13-37-22-10-9-21(14-18(22)2)27(32)25-26(20-8-11-23(35-3)24(15-20)36-4)31(29(34)28(25)33)17-19-7-6-12-30-16-19/h5-12,14-16,26,32H,1,13,17H2,2-4H3/t26-/m0/s1. The third-order valence-electron chi connectivity index (χ3n) is 6.14. The van der Waals surface area contributed by atoms with Crippen molar-refractivity contribution >= 4 is 17.4 Å². The van der Waals surface area contributed by atoms with E-state index in [1.54, 1.807) is 60.9 Å². The first kappa shape index (κ1) is 25.5. The SMILES string of the molecule is C=CCOc1ccc(C(O)=C2C(=O)C(=O)N(Cc3cccnc3)[C@H]2c2ccc(OC)c(OC)c2)cc1C. The summed E-state index contributed by atoms with van der Waals surface area (Å²) in [6.45, 7) is 5.95. The summed E-state index contributed by atoms with van der Waals surface area (Å²) in [6, 6.07) is 13.0. The Morgan fingerprint density at radius 2 is 1.84 bits per heavy atom. The van der Waals surface area contributed by atoms with E-state index in [0.717, 1.165) is 11.1 Å². The lowest BCUT2D eigenvalue weighted by atomic mass is 9.94. The predicted molar refractivity (Wildman–Crippen MR) is 139 cm³/mol. The molecule has 0 aliphatic carbocycles. The summed E-state index contributed by atoms with van der Waals surface area (Å²) in [5.74, 6) is -0.193. The number of ketones is 1. The zero-order valence-corrected chi connectivity index (χ0v) is 20.9. The number of aromatic nitrogens is 1. The van der Waals surface area contributed by atoms with E-state index in [1.165, 1.54) is 19.1 Å². The van der Waals surface area contributed by atoms with Crippen LogP contribution in [0.15, 0.2) is 79.2 Å². The first-order valence-corrected chi connectivity index (χ1v) is 11.6. The first-order valence-electron chi connectivity index (χ1n) is 11.6. The minimum atomic E-state index is -0.864. The van der Waals surface area contributed by atoms with Gasteiger partial charge in [-0.15, -0.1) is 0 Å². The summed E-state index contributed by atoms with van der Waals surface area (Å²) in [5, 5.41) is 11.4. The van der Waals surface area contributed by atoms with Crippen molar-refractivity contribution in [1.29, 1.82) is 0 Å². The average Bonchev–Trinajstić information content (AvgIpc) is 3.17. The summed E-state index contributed by atoms with van der Waals surface area (Å²) in [5.41, 5.74) is 2.48. The Bertz CT molecular complexity index is 1370. The Morgan fingerprint density at radius 1 is 1.08 bits per heavy atom. The molecule has 8 heteroatoms. The van der Waals surface area contributed by atoms with E-state index >= 15 is 0 Å². The van der Waals surface area contributed by atoms with Crippen LogP contribution >= 0.6 is 0 Å². The number of amides is 1. The summed E-state index contributed by atoms with van der Waals surface area (Å²) in [6.07, 6.45) is 4.91. The van der Waals surface area contributed by atoms with Gasteiger partial charge in [0.05, 0.1) is 25.8 Å². The van der Waals surface area contributed by atoms with Crippen molar-refractivity contribution in [3.8, 4) is 17.2 Å². The fourth-order valence-electron chi connectivity index (χ4n) is 4.36. The van der Waals surface area contributed by atoms with Crippen LogP contribution in [0.3, 0.4) is 0 Å². The molecule has 8 nitrogen and oxygen atoms in total. The number of hydrogen-bond acceptors (Lipinski definition) is 7. The zero-order valence-electron chi connectivity index (χ0n) is 20.9. The van der Waals surface area contributed by atoms with Crippen molar-refractivity contribution in [2.75, 3.05) is 20.8 Å². The van der Waals surface area contributed by atoms with Crippen LogP contribution in [0, 0.1) is 6.92 Å². The van der Waals surface area contributed by atoms with Gasteiger partial charge in [0.1, 0.15) is 18.1 Å². The lowest BCUT2D eigenvalue weighted by molar-refractivity contribution is -0.140. The van der Waals surface area contributed by atoms with Crippen LogP contribution in [-0.2, 0) is 16.1 Å². The summed E-state index contributed by atoms with van der Waals surface area (Å²) in [7, 11) is 3.03. The topological polar surface area (TPSA) is 98.2 Å². The van der Waals surface area contributed by atoms with Gasteiger partial charge in [-0.25, -0.2) is 0 Å². The van der Waals surface area contributed by atoms with Crippen LogP contribution < -0.4 is 14.2 Å². The molecule has 3 aromatic rings. The van der Waals surface area contributed by atoms with Gasteiger partial charge in [-0.1, -0.05) is 24.8 Å². The highest BCUT2D eigenvalue weighted by Crippen LogP contribution is 2.43. The van der Waals surface area contributed by atoms with E-state index in [4.69, 9.17) is 14.2 Å². The molecule has 2 heterocycles. The number of carbonyl (C=O) groups excluding carboxylic acids is 2. The number of likely N-dealkylation sites (tertiary alicyclic amines) is 1. The number of hydrogen-bond donors (Lipinski definition) is 1. The van der Waals surface area contributed by atoms with Gasteiger partial charge in [0.25, 0.3) is 11.7 Å². The third kappa shape index (κ3) is 5.04. The molecule has 1 aliphatic rings. The van der Waals surface area contributed by atoms with E-state index < -0.39 is 17.7 Å². The van der Waals surface area contributed by atoms with E-state index in [2.05, 4.69) is 11.6 Å². The number of aryl methyl sites for hydroxylation is 1. The molecule has 1 N–H and O–H groups in total. The lowest BCUT2D eigenvalue weighted by Gasteiger charge is -2.26. The molecule has 4 rings (SSSR count). The van der Waals surface area contributed by atoms with Crippen LogP contribution in [0.25, 0.3) is 5.76 Å². The number of pyridine rings is 1. The molecule has 0 bridgehead atoms. The minimum Gasteiger partial charge on any atom is -0.507 e. The van der Waals surface area contributed by atoms with Crippen molar-refractivity contribution in [3.05, 3.63) is 101 Å². The Kier molecular flexibility index (Phi) is 7.57. The van der Waals surface area contributed by atoms with Gasteiger partial charge in [0.15, 0.2) is 11.5 Å². The van der Waals surface area contributed by atoms with Crippen LogP contribution in [0.4, 0.5) is 0 Å². The van der Waals surface area contributed by atoms with Gasteiger partial charge < -0.3 is 24.2 Å². The average molecular weight is 501 g/mol. The lowest BCUT2D eigenvalue weighted by Crippen LogP contribution is -2.29. The molecule has 1 saturated heterocycles. The molecule has 0 spiro atoms. The summed E-state index contributed by atoms with van der Waals surface area (Å²) >= 11 is 0. The number of nitrogens with zero attached hydrogens (tertiary/aromatic N) is 2. The largest absolute Gasteiger partial charge is 0.507 e. The molecule has 37 heavy (non-hydrogen) atoms. The molecule has 1 fully saturated rings. The van der Waals surface area contributed by atoms with Gasteiger partial charge in [0, 0.05) is 24.5 Å². The predicted octanol–water partition coefficient (Wildman–Crippen LogP) is 4.59. The molecule has 2 aromatic carbocycles. The van der Waals surface area contributed by atoms with Gasteiger partial charge in [-0.05, 0) is 60.0 Å². The smallest absolute Gasteiger partial charge is 0.295 e. The highest BCUT2D eigenvalue weighted by molar-refractivity contribution is 6.46. The van der Waals surface area contributed by atoms with Crippen LogP contribution in [0.2, 0.25) is 0 Å². The van der Waals surface area contributed by atoms with E-state index in [9.17, 15) is 14.7 Å². The second-order valence-corrected chi connectivity index (χ2v) is 8.48. The van der Waals surface area contributed by atoms with Crippen molar-refractivity contribution < 1.29 is 28.9 Å². The number of methoxy groups -OCH3 is 2. The molecule has 1 aromatic heterocycles. The van der Waals surface area contributed by atoms with Crippen molar-refractivity contribution in [2.24, 2.45) is 0 Å². The van der Waals surface area contributed by atoms with E-state index in [1.807, 2.05) is 13.0 Å². The van der Waals surface area contributed by atoms with Gasteiger partial charge in [0.2, 0.25) is 0 Å². The number of benzene rings is 2. The second kappa shape index (κ2) is 11.0. The molecule has 190 valence electrons. The maximum absolute atomic E-state index is 13.4. The molecular weight excluding hydrogens is 472 g/mol. The minimum absolute atomic E-state index is 0.0136. The molecule has 0 saturated carbocycles. The van der Waals surface area contributed by atoms with Crippen molar-refractivity contribution in [1.82, 2.24) is 9.88 Å². The van der Waals surface area contributed by atoms with Gasteiger partial charge >= 0.3 is 0 Å². The maximum atomic E-state index is 13.4. The van der Waals surface area contributed by atoms with E-state index in [-0.39, 0.29) is 17.9 Å². The van der Waals surface area contributed by atoms with Crippen LogP contribution in [0.5, 0.6) is 17.2 Å². The van der Waals surface area contributed by atoms with Gasteiger partial charge in [-0.3, -0.25) is 14.6 Å². The number of aliphatic hydroxyl groups excluding tert-OH is 1. The van der Waals surface area contributed by atoms with E-state index in [0.29, 0.717) is 35.0 Å².